The Bertz CT molecular complexity index is 223. The molecule has 1 aliphatic carbocycles. The van der Waals surface area contributed by atoms with E-state index < -0.39 is 0 Å². The van der Waals surface area contributed by atoms with Crippen LogP contribution in [0.2, 0.25) is 0 Å². The molecule has 4 nitrogen and oxygen atoms in total. The fourth-order valence-corrected chi connectivity index (χ4v) is 2.40. The number of carbonyl (C=O) groups excluding carboxylic acids is 1. The van der Waals surface area contributed by atoms with E-state index in [1.165, 1.54) is 0 Å². The molecule has 1 fully saturated rings. The highest BCUT2D eigenvalue weighted by atomic mass is 16.1. The predicted molar refractivity (Wildman–Crippen MR) is 71.0 cm³/mol. The summed E-state index contributed by atoms with van der Waals surface area (Å²) in [6.07, 6.45) is 5.36. The van der Waals surface area contributed by atoms with Crippen molar-refractivity contribution in [3.8, 4) is 0 Å². The highest BCUT2D eigenvalue weighted by molar-refractivity contribution is 5.78. The lowest BCUT2D eigenvalue weighted by atomic mass is 9.85. The van der Waals surface area contributed by atoms with Gasteiger partial charge in [-0.25, -0.2) is 0 Å². The molecule has 0 unspecified atom stereocenters. The molecule has 1 amide bonds. The maximum atomic E-state index is 11.9. The molecule has 17 heavy (non-hydrogen) atoms. The summed E-state index contributed by atoms with van der Waals surface area (Å²) in [5, 5.41) is 6.35. The lowest BCUT2D eigenvalue weighted by Crippen LogP contribution is -2.38. The van der Waals surface area contributed by atoms with E-state index in [1.807, 2.05) is 7.05 Å². The maximum Gasteiger partial charge on any atom is 0.223 e. The van der Waals surface area contributed by atoms with Crippen LogP contribution in [0.25, 0.3) is 0 Å². The van der Waals surface area contributed by atoms with Crippen LogP contribution in [0.1, 0.15) is 32.1 Å². The highest BCUT2D eigenvalue weighted by Crippen LogP contribution is 2.24. The largest absolute Gasteiger partial charge is 0.356 e. The summed E-state index contributed by atoms with van der Waals surface area (Å²) in [4.78, 5) is 14.0. The van der Waals surface area contributed by atoms with Gasteiger partial charge < -0.3 is 15.5 Å². The number of amides is 1. The van der Waals surface area contributed by atoms with E-state index in [4.69, 9.17) is 0 Å². The van der Waals surface area contributed by atoms with Crippen LogP contribution in [-0.4, -0.2) is 51.1 Å². The predicted octanol–water partition coefficient (Wildman–Crippen LogP) is 0.833. The van der Waals surface area contributed by atoms with Gasteiger partial charge in [0, 0.05) is 18.5 Å². The van der Waals surface area contributed by atoms with Crippen LogP contribution in [0.5, 0.6) is 0 Å². The quantitative estimate of drug-likeness (QED) is 0.677. The van der Waals surface area contributed by atoms with Gasteiger partial charge in [-0.1, -0.05) is 0 Å². The van der Waals surface area contributed by atoms with E-state index in [1.54, 1.807) is 0 Å². The first-order valence-electron chi connectivity index (χ1n) is 6.73. The summed E-state index contributed by atoms with van der Waals surface area (Å²) in [6.45, 7) is 1.84. The zero-order valence-electron chi connectivity index (χ0n) is 11.5. The van der Waals surface area contributed by atoms with Crippen LogP contribution in [0.3, 0.4) is 0 Å². The standard InChI is InChI=1S/C13H27N3O/c1-14-12-7-5-11(6-8-12)13(17)15-9-4-10-16(2)3/h11-12,14H,4-10H2,1-3H3,(H,15,17). The smallest absolute Gasteiger partial charge is 0.223 e. The summed E-state index contributed by atoms with van der Waals surface area (Å²) in [5.74, 6) is 0.511. The number of nitrogens with zero attached hydrogens (tertiary/aromatic N) is 1. The molecule has 1 saturated carbocycles. The Balaban J connectivity index is 2.12. The van der Waals surface area contributed by atoms with Gasteiger partial charge in [0.1, 0.15) is 0 Å². The second kappa shape index (κ2) is 7.67. The van der Waals surface area contributed by atoms with Gasteiger partial charge in [-0.05, 0) is 59.8 Å². The third-order valence-corrected chi connectivity index (χ3v) is 3.59. The maximum absolute atomic E-state index is 11.9. The number of hydrogen-bond acceptors (Lipinski definition) is 3. The molecule has 4 heteroatoms. The van der Waals surface area contributed by atoms with E-state index in [2.05, 4.69) is 29.6 Å². The van der Waals surface area contributed by atoms with Crippen molar-refractivity contribution in [1.29, 1.82) is 0 Å². The molecule has 100 valence electrons. The van der Waals surface area contributed by atoms with E-state index in [0.717, 1.165) is 45.2 Å². The molecule has 2 N–H and O–H groups in total. The van der Waals surface area contributed by atoms with Gasteiger partial charge >= 0.3 is 0 Å². The molecular weight excluding hydrogens is 214 g/mol. The lowest BCUT2D eigenvalue weighted by Gasteiger charge is -2.27. The second-order valence-electron chi connectivity index (χ2n) is 5.29. The van der Waals surface area contributed by atoms with Crippen molar-refractivity contribution in [2.75, 3.05) is 34.2 Å². The molecule has 1 aliphatic rings. The SMILES string of the molecule is CNC1CCC(C(=O)NCCCN(C)C)CC1. The summed E-state index contributed by atoms with van der Waals surface area (Å²) >= 11 is 0. The Hall–Kier alpha value is -0.610. The minimum Gasteiger partial charge on any atom is -0.356 e. The van der Waals surface area contributed by atoms with Gasteiger partial charge in [0.15, 0.2) is 0 Å². The molecule has 0 atom stereocenters. The molecule has 0 aromatic heterocycles. The molecule has 0 aliphatic heterocycles. The summed E-state index contributed by atoms with van der Waals surface area (Å²) in [6, 6.07) is 0.618. The Morgan fingerprint density at radius 2 is 1.88 bits per heavy atom. The fraction of sp³-hybridized carbons (Fsp3) is 0.923. The van der Waals surface area contributed by atoms with Crippen LogP contribution in [0, 0.1) is 5.92 Å². The van der Waals surface area contributed by atoms with Crippen LogP contribution >= 0.6 is 0 Å². The van der Waals surface area contributed by atoms with Crippen LogP contribution in [0.4, 0.5) is 0 Å². The molecule has 0 saturated heterocycles. The normalized spacial score (nSPS) is 24.9. The third kappa shape index (κ3) is 5.50. The van der Waals surface area contributed by atoms with Crippen molar-refractivity contribution in [1.82, 2.24) is 15.5 Å². The molecule has 1 rings (SSSR count). The van der Waals surface area contributed by atoms with Gasteiger partial charge in [-0.15, -0.1) is 0 Å². The van der Waals surface area contributed by atoms with Crippen molar-refractivity contribution >= 4 is 5.91 Å². The van der Waals surface area contributed by atoms with E-state index in [0.29, 0.717) is 6.04 Å². The van der Waals surface area contributed by atoms with Gasteiger partial charge in [-0.2, -0.15) is 0 Å². The number of rotatable bonds is 6. The monoisotopic (exact) mass is 241 g/mol. The first-order chi connectivity index (χ1) is 8.13. The Morgan fingerprint density at radius 1 is 1.24 bits per heavy atom. The van der Waals surface area contributed by atoms with Gasteiger partial charge in [0.25, 0.3) is 0 Å². The number of hydrogen-bond donors (Lipinski definition) is 2. The van der Waals surface area contributed by atoms with Crippen molar-refractivity contribution in [3.63, 3.8) is 0 Å². The van der Waals surface area contributed by atoms with Gasteiger partial charge in [-0.3, -0.25) is 4.79 Å². The first kappa shape index (κ1) is 14.5. The zero-order valence-corrected chi connectivity index (χ0v) is 11.5. The minimum absolute atomic E-state index is 0.249. The Morgan fingerprint density at radius 3 is 2.41 bits per heavy atom. The average Bonchev–Trinajstić information content (AvgIpc) is 2.34. The van der Waals surface area contributed by atoms with E-state index >= 15 is 0 Å². The van der Waals surface area contributed by atoms with E-state index in [-0.39, 0.29) is 11.8 Å². The molecule has 0 aromatic carbocycles. The van der Waals surface area contributed by atoms with Gasteiger partial charge in [0.2, 0.25) is 5.91 Å². The molecule has 0 spiro atoms. The van der Waals surface area contributed by atoms with Crippen molar-refractivity contribution in [3.05, 3.63) is 0 Å². The van der Waals surface area contributed by atoms with Crippen LogP contribution in [-0.2, 0) is 4.79 Å². The summed E-state index contributed by atoms with van der Waals surface area (Å²) in [7, 11) is 6.12. The minimum atomic E-state index is 0.249. The average molecular weight is 241 g/mol. The number of carbonyl (C=O) groups is 1. The lowest BCUT2D eigenvalue weighted by molar-refractivity contribution is -0.126. The van der Waals surface area contributed by atoms with Gasteiger partial charge in [0.05, 0.1) is 0 Å². The van der Waals surface area contributed by atoms with Crippen molar-refractivity contribution < 1.29 is 4.79 Å². The molecule has 0 aromatic rings. The van der Waals surface area contributed by atoms with E-state index in [9.17, 15) is 4.79 Å². The number of nitrogens with one attached hydrogen (secondary N) is 2. The molecule has 0 bridgehead atoms. The summed E-state index contributed by atoms with van der Waals surface area (Å²) in [5.41, 5.74) is 0. The molecular formula is C13H27N3O. The summed E-state index contributed by atoms with van der Waals surface area (Å²) < 4.78 is 0. The molecule has 0 heterocycles. The third-order valence-electron chi connectivity index (χ3n) is 3.59. The Kier molecular flexibility index (Phi) is 6.52. The highest BCUT2D eigenvalue weighted by Gasteiger charge is 2.24. The van der Waals surface area contributed by atoms with Crippen molar-refractivity contribution in [2.24, 2.45) is 5.92 Å². The van der Waals surface area contributed by atoms with Crippen LogP contribution < -0.4 is 10.6 Å². The Labute approximate surface area is 105 Å². The second-order valence-corrected chi connectivity index (χ2v) is 5.29. The first-order valence-corrected chi connectivity index (χ1v) is 6.73. The zero-order chi connectivity index (χ0) is 12.7. The van der Waals surface area contributed by atoms with Crippen LogP contribution in [0.15, 0.2) is 0 Å². The topological polar surface area (TPSA) is 44.4 Å². The fourth-order valence-electron chi connectivity index (χ4n) is 2.40. The molecule has 0 radical (unpaired) electrons. The van der Waals surface area contributed by atoms with Crippen molar-refractivity contribution in [2.45, 2.75) is 38.1 Å².